The molecule has 0 saturated heterocycles. The highest BCUT2D eigenvalue weighted by Crippen LogP contribution is 2.59. The Morgan fingerprint density at radius 1 is 0.920 bits per heavy atom. The van der Waals surface area contributed by atoms with Crippen LogP contribution in [0.5, 0.6) is 0 Å². The van der Waals surface area contributed by atoms with Gasteiger partial charge in [0.2, 0.25) is 0 Å². The van der Waals surface area contributed by atoms with Crippen molar-refractivity contribution >= 4 is 9.84 Å². The van der Waals surface area contributed by atoms with Crippen LogP contribution in [-0.2, 0) is 9.84 Å². The Labute approximate surface area is 148 Å². The van der Waals surface area contributed by atoms with Crippen LogP contribution < -0.4 is 0 Å². The first-order valence-corrected chi connectivity index (χ1v) is 10.5. The Kier molecular flexibility index (Phi) is 3.84. The third-order valence-corrected chi connectivity index (χ3v) is 6.90. The number of hydrogen-bond donors (Lipinski definition) is 0. The summed E-state index contributed by atoms with van der Waals surface area (Å²) in [5, 5.41) is 0. The SMILES string of the molecule is CS(=O)(=O)c1ccc(C2CC3(C=CC3)CC2c2ccc(F)cc2)cc1. The summed E-state index contributed by atoms with van der Waals surface area (Å²) < 4.78 is 36.7. The molecule has 0 aromatic heterocycles. The Morgan fingerprint density at radius 3 is 1.80 bits per heavy atom. The van der Waals surface area contributed by atoms with Gasteiger partial charge in [-0.3, -0.25) is 0 Å². The number of benzene rings is 2. The largest absolute Gasteiger partial charge is 0.224 e. The molecule has 2 aromatic rings. The number of rotatable bonds is 3. The summed E-state index contributed by atoms with van der Waals surface area (Å²) >= 11 is 0. The average Bonchev–Trinajstić information content (AvgIpc) is 2.96. The fourth-order valence-corrected chi connectivity index (χ4v) is 5.00. The van der Waals surface area contributed by atoms with Gasteiger partial charge in [-0.1, -0.05) is 36.4 Å². The van der Waals surface area contributed by atoms with Gasteiger partial charge in [-0.05, 0) is 71.9 Å². The zero-order valence-electron chi connectivity index (χ0n) is 14.2. The van der Waals surface area contributed by atoms with Crippen LogP contribution in [0.1, 0.15) is 42.2 Å². The van der Waals surface area contributed by atoms with Gasteiger partial charge >= 0.3 is 0 Å². The van der Waals surface area contributed by atoms with E-state index in [1.807, 2.05) is 24.3 Å². The molecule has 1 spiro atoms. The molecule has 0 N–H and O–H groups in total. The highest BCUT2D eigenvalue weighted by molar-refractivity contribution is 7.90. The van der Waals surface area contributed by atoms with E-state index in [0.29, 0.717) is 16.7 Å². The van der Waals surface area contributed by atoms with Crippen molar-refractivity contribution in [3.05, 3.63) is 77.6 Å². The van der Waals surface area contributed by atoms with Crippen molar-refractivity contribution in [2.24, 2.45) is 5.41 Å². The maximum atomic E-state index is 13.3. The van der Waals surface area contributed by atoms with Crippen LogP contribution in [0.4, 0.5) is 4.39 Å². The molecule has 1 fully saturated rings. The van der Waals surface area contributed by atoms with Crippen LogP contribution in [-0.4, -0.2) is 14.7 Å². The minimum atomic E-state index is -3.18. The second kappa shape index (κ2) is 5.80. The molecule has 3 atom stereocenters. The van der Waals surface area contributed by atoms with E-state index >= 15 is 0 Å². The topological polar surface area (TPSA) is 34.1 Å². The van der Waals surface area contributed by atoms with Crippen molar-refractivity contribution in [1.82, 2.24) is 0 Å². The maximum absolute atomic E-state index is 13.3. The van der Waals surface area contributed by atoms with E-state index in [1.165, 1.54) is 24.0 Å². The van der Waals surface area contributed by atoms with Gasteiger partial charge in [0, 0.05) is 6.26 Å². The molecule has 4 rings (SSSR count). The lowest BCUT2D eigenvalue weighted by Gasteiger charge is -2.31. The number of halogens is 1. The summed E-state index contributed by atoms with van der Waals surface area (Å²) in [6.45, 7) is 0. The third-order valence-electron chi connectivity index (χ3n) is 5.77. The zero-order chi connectivity index (χ0) is 17.7. The second-order valence-corrected chi connectivity index (χ2v) is 9.50. The van der Waals surface area contributed by atoms with Crippen LogP contribution >= 0.6 is 0 Å². The molecule has 0 amide bonds. The van der Waals surface area contributed by atoms with E-state index < -0.39 is 9.84 Å². The minimum Gasteiger partial charge on any atom is -0.224 e. The Morgan fingerprint density at radius 2 is 1.40 bits per heavy atom. The Hall–Kier alpha value is -1.94. The first-order valence-electron chi connectivity index (χ1n) is 8.60. The van der Waals surface area contributed by atoms with E-state index in [2.05, 4.69) is 12.2 Å². The van der Waals surface area contributed by atoms with Crippen molar-refractivity contribution in [3.8, 4) is 0 Å². The van der Waals surface area contributed by atoms with Crippen molar-refractivity contribution in [2.45, 2.75) is 36.0 Å². The van der Waals surface area contributed by atoms with Gasteiger partial charge in [0.05, 0.1) is 4.90 Å². The summed E-state index contributed by atoms with van der Waals surface area (Å²) in [4.78, 5) is 0.353. The van der Waals surface area contributed by atoms with Crippen LogP contribution in [0.25, 0.3) is 0 Å². The highest BCUT2D eigenvalue weighted by Gasteiger charge is 2.46. The molecule has 2 aliphatic carbocycles. The number of sulfone groups is 1. The summed E-state index contributed by atoms with van der Waals surface area (Å²) in [7, 11) is -3.18. The van der Waals surface area contributed by atoms with Crippen molar-refractivity contribution in [2.75, 3.05) is 6.26 Å². The first-order chi connectivity index (χ1) is 11.9. The van der Waals surface area contributed by atoms with Gasteiger partial charge in [0.1, 0.15) is 5.82 Å². The fraction of sp³-hybridized carbons (Fsp3) is 0.333. The van der Waals surface area contributed by atoms with Gasteiger partial charge in [-0.2, -0.15) is 0 Å². The van der Waals surface area contributed by atoms with Crippen LogP contribution in [0.3, 0.4) is 0 Å². The Bertz CT molecular complexity index is 913. The molecule has 0 aliphatic heterocycles. The minimum absolute atomic E-state index is 0.214. The molecule has 2 aliphatic rings. The summed E-state index contributed by atoms with van der Waals surface area (Å²) in [6, 6.07) is 14.1. The lowest BCUT2D eigenvalue weighted by atomic mass is 9.73. The molecular formula is C21H21FO2S. The van der Waals surface area contributed by atoms with E-state index in [4.69, 9.17) is 0 Å². The monoisotopic (exact) mass is 356 g/mol. The molecule has 2 aromatic carbocycles. The molecule has 1 saturated carbocycles. The van der Waals surface area contributed by atoms with E-state index in [1.54, 1.807) is 12.1 Å². The predicted molar refractivity (Wildman–Crippen MR) is 96.9 cm³/mol. The summed E-state index contributed by atoms with van der Waals surface area (Å²) in [5.74, 6) is 0.438. The molecule has 3 unspecified atom stereocenters. The summed E-state index contributed by atoms with van der Waals surface area (Å²) in [5.41, 5.74) is 2.58. The molecule has 0 bridgehead atoms. The van der Waals surface area contributed by atoms with Gasteiger partial charge in [0.25, 0.3) is 0 Å². The average molecular weight is 356 g/mol. The van der Waals surface area contributed by atoms with Crippen LogP contribution in [0.15, 0.2) is 65.6 Å². The second-order valence-electron chi connectivity index (χ2n) is 7.48. The van der Waals surface area contributed by atoms with Gasteiger partial charge in [-0.25, -0.2) is 12.8 Å². The standard InChI is InChI=1S/C21H21FO2S/c1-25(23,24)18-9-5-16(6-10-18)20-14-21(11-2-12-21)13-19(20)15-3-7-17(22)8-4-15/h2-11,19-20H,12-14H2,1H3. The number of allylic oxidation sites excluding steroid dienone is 2. The highest BCUT2D eigenvalue weighted by atomic mass is 32.2. The number of hydrogen-bond acceptors (Lipinski definition) is 2. The van der Waals surface area contributed by atoms with Crippen LogP contribution in [0.2, 0.25) is 0 Å². The van der Waals surface area contributed by atoms with Gasteiger partial charge in [0.15, 0.2) is 9.84 Å². The lowest BCUT2D eigenvalue weighted by Crippen LogP contribution is -2.19. The van der Waals surface area contributed by atoms with Crippen molar-refractivity contribution in [1.29, 1.82) is 0 Å². The van der Waals surface area contributed by atoms with E-state index in [9.17, 15) is 12.8 Å². The van der Waals surface area contributed by atoms with Crippen molar-refractivity contribution in [3.63, 3.8) is 0 Å². The maximum Gasteiger partial charge on any atom is 0.175 e. The van der Waals surface area contributed by atoms with Crippen LogP contribution in [0, 0.1) is 11.2 Å². The third kappa shape index (κ3) is 3.04. The molecule has 25 heavy (non-hydrogen) atoms. The molecule has 0 heterocycles. The predicted octanol–water partition coefficient (Wildman–Crippen LogP) is 4.84. The van der Waals surface area contributed by atoms with Gasteiger partial charge in [-0.15, -0.1) is 0 Å². The smallest absolute Gasteiger partial charge is 0.175 e. The molecular weight excluding hydrogens is 335 g/mol. The fourth-order valence-electron chi connectivity index (χ4n) is 4.37. The van der Waals surface area contributed by atoms with E-state index in [-0.39, 0.29) is 11.2 Å². The van der Waals surface area contributed by atoms with E-state index in [0.717, 1.165) is 24.8 Å². The first kappa shape index (κ1) is 16.5. The lowest BCUT2D eigenvalue weighted by molar-refractivity contribution is 0.354. The van der Waals surface area contributed by atoms with Crippen molar-refractivity contribution < 1.29 is 12.8 Å². The molecule has 0 radical (unpaired) electrons. The molecule has 4 heteroatoms. The summed E-state index contributed by atoms with van der Waals surface area (Å²) in [6.07, 6.45) is 8.98. The quantitative estimate of drug-likeness (QED) is 0.738. The Balaban J connectivity index is 1.70. The zero-order valence-corrected chi connectivity index (χ0v) is 15.0. The molecule has 2 nitrogen and oxygen atoms in total. The van der Waals surface area contributed by atoms with Gasteiger partial charge < -0.3 is 0 Å². The normalized spacial score (nSPS) is 28.2. The molecule has 130 valence electrons.